The zero-order valence-electron chi connectivity index (χ0n) is 14.7. The Morgan fingerprint density at radius 2 is 1.48 bits per heavy atom. The third-order valence-corrected chi connectivity index (χ3v) is 5.33. The van der Waals surface area contributed by atoms with Gasteiger partial charge in [-0.2, -0.15) is 0 Å². The molecule has 2 aromatic rings. The van der Waals surface area contributed by atoms with Gasteiger partial charge < -0.3 is 10.0 Å². The summed E-state index contributed by atoms with van der Waals surface area (Å²) in [6.07, 6.45) is 0.867. The van der Waals surface area contributed by atoms with Crippen molar-refractivity contribution in [2.45, 2.75) is 32.1 Å². The van der Waals surface area contributed by atoms with E-state index in [0.29, 0.717) is 25.9 Å². The van der Waals surface area contributed by atoms with Crippen LogP contribution in [0.25, 0.3) is 0 Å². The molecule has 3 rings (SSSR count). The number of nitrogens with zero attached hydrogens (tertiary/aromatic N) is 1. The minimum atomic E-state index is -0.904. The molecular formula is C21H23NO3. The number of amides is 1. The Bertz CT molecular complexity index is 770. The summed E-state index contributed by atoms with van der Waals surface area (Å²) < 4.78 is 0. The van der Waals surface area contributed by atoms with Gasteiger partial charge in [0.15, 0.2) is 0 Å². The van der Waals surface area contributed by atoms with E-state index in [2.05, 4.69) is 0 Å². The van der Waals surface area contributed by atoms with E-state index in [1.165, 1.54) is 0 Å². The number of carbonyl (C=O) groups excluding carboxylic acids is 1. The van der Waals surface area contributed by atoms with E-state index in [9.17, 15) is 14.7 Å². The summed E-state index contributed by atoms with van der Waals surface area (Å²) >= 11 is 0. The van der Waals surface area contributed by atoms with Gasteiger partial charge in [-0.05, 0) is 43.4 Å². The Kier molecular flexibility index (Phi) is 4.62. The van der Waals surface area contributed by atoms with E-state index in [0.717, 1.165) is 22.3 Å². The van der Waals surface area contributed by atoms with E-state index < -0.39 is 11.4 Å². The highest BCUT2D eigenvalue weighted by Crippen LogP contribution is 2.36. The second kappa shape index (κ2) is 6.71. The van der Waals surface area contributed by atoms with Gasteiger partial charge in [-0.3, -0.25) is 9.59 Å². The molecule has 2 aromatic carbocycles. The molecule has 0 radical (unpaired) electrons. The first kappa shape index (κ1) is 17.2. The number of hydrogen-bond donors (Lipinski definition) is 1. The molecule has 1 N–H and O–H groups in total. The predicted octanol–water partition coefficient (Wildman–Crippen LogP) is 3.56. The van der Waals surface area contributed by atoms with Crippen molar-refractivity contribution in [2.24, 2.45) is 0 Å². The van der Waals surface area contributed by atoms with Gasteiger partial charge >= 0.3 is 5.97 Å². The fraction of sp³-hybridized carbons (Fsp3) is 0.333. The highest BCUT2D eigenvalue weighted by atomic mass is 16.4. The average Bonchev–Trinajstić information content (AvgIpc) is 2.62. The molecule has 1 saturated heterocycles. The van der Waals surface area contributed by atoms with Crippen LogP contribution >= 0.6 is 0 Å². The number of benzene rings is 2. The first-order valence-electron chi connectivity index (χ1n) is 8.60. The molecule has 1 amide bonds. The fourth-order valence-electron chi connectivity index (χ4n) is 3.78. The lowest BCUT2D eigenvalue weighted by Gasteiger charge is -2.39. The number of carboxylic acids is 1. The van der Waals surface area contributed by atoms with Gasteiger partial charge in [-0.1, -0.05) is 48.5 Å². The van der Waals surface area contributed by atoms with Crippen LogP contribution in [0.1, 0.15) is 39.9 Å². The molecule has 0 spiro atoms. The topological polar surface area (TPSA) is 57.6 Å². The van der Waals surface area contributed by atoms with Crippen LogP contribution in [0.4, 0.5) is 0 Å². The Hall–Kier alpha value is -2.62. The maximum Gasteiger partial charge on any atom is 0.314 e. The molecule has 0 unspecified atom stereocenters. The van der Waals surface area contributed by atoms with Crippen LogP contribution in [0.5, 0.6) is 0 Å². The predicted molar refractivity (Wildman–Crippen MR) is 96.8 cm³/mol. The number of carbonyl (C=O) groups is 2. The van der Waals surface area contributed by atoms with Gasteiger partial charge in [0.05, 0.1) is 5.41 Å². The lowest BCUT2D eigenvalue weighted by atomic mass is 9.72. The summed E-state index contributed by atoms with van der Waals surface area (Å²) in [5, 5.41) is 9.87. The molecule has 25 heavy (non-hydrogen) atoms. The van der Waals surface area contributed by atoms with Crippen molar-refractivity contribution in [3.63, 3.8) is 0 Å². The Balaban J connectivity index is 1.83. The molecule has 130 valence electrons. The first-order chi connectivity index (χ1) is 12.0. The van der Waals surface area contributed by atoms with Gasteiger partial charge in [-0.15, -0.1) is 0 Å². The highest BCUT2D eigenvalue weighted by Gasteiger charge is 2.44. The van der Waals surface area contributed by atoms with E-state index >= 15 is 0 Å². The minimum Gasteiger partial charge on any atom is -0.481 e. The molecule has 0 atom stereocenters. The van der Waals surface area contributed by atoms with Crippen molar-refractivity contribution >= 4 is 11.9 Å². The van der Waals surface area contributed by atoms with Gasteiger partial charge in [0.2, 0.25) is 0 Å². The van der Waals surface area contributed by atoms with Crippen molar-refractivity contribution in [3.8, 4) is 0 Å². The van der Waals surface area contributed by atoms with E-state index in [-0.39, 0.29) is 5.91 Å². The number of piperidine rings is 1. The lowest BCUT2D eigenvalue weighted by Crippen LogP contribution is -2.49. The summed E-state index contributed by atoms with van der Waals surface area (Å²) in [6, 6.07) is 15.2. The summed E-state index contributed by atoms with van der Waals surface area (Å²) in [6.45, 7) is 4.78. The maximum atomic E-state index is 12.9. The molecule has 4 heteroatoms. The molecule has 0 aliphatic carbocycles. The third kappa shape index (κ3) is 3.04. The quantitative estimate of drug-likeness (QED) is 0.931. The van der Waals surface area contributed by atoms with Crippen LogP contribution in [0, 0.1) is 13.8 Å². The normalized spacial score (nSPS) is 16.5. The summed E-state index contributed by atoms with van der Waals surface area (Å²) in [5.74, 6) is -0.805. The number of likely N-dealkylation sites (tertiary alicyclic amines) is 1. The van der Waals surface area contributed by atoms with Crippen molar-refractivity contribution in [2.75, 3.05) is 13.1 Å². The largest absolute Gasteiger partial charge is 0.481 e. The number of carboxylic acid groups (broad SMARTS) is 1. The average molecular weight is 337 g/mol. The van der Waals surface area contributed by atoms with Crippen LogP contribution in [0.2, 0.25) is 0 Å². The van der Waals surface area contributed by atoms with E-state index in [1.54, 1.807) is 4.90 Å². The molecular weight excluding hydrogens is 314 g/mol. The highest BCUT2D eigenvalue weighted by molar-refractivity contribution is 5.97. The number of hydrogen-bond acceptors (Lipinski definition) is 2. The Morgan fingerprint density at radius 1 is 0.920 bits per heavy atom. The van der Waals surface area contributed by atoms with Gasteiger partial charge in [0, 0.05) is 18.7 Å². The second-order valence-electron chi connectivity index (χ2n) is 6.81. The van der Waals surface area contributed by atoms with Gasteiger partial charge in [-0.25, -0.2) is 0 Å². The summed E-state index contributed by atoms with van der Waals surface area (Å²) in [4.78, 5) is 26.8. The molecule has 0 aromatic heterocycles. The summed E-state index contributed by atoms with van der Waals surface area (Å²) in [7, 11) is 0. The molecule has 1 aliphatic heterocycles. The first-order valence-corrected chi connectivity index (χ1v) is 8.60. The fourth-order valence-corrected chi connectivity index (χ4v) is 3.78. The van der Waals surface area contributed by atoms with Crippen molar-refractivity contribution in [1.82, 2.24) is 4.90 Å². The number of rotatable bonds is 3. The van der Waals surface area contributed by atoms with Crippen LogP contribution in [0.15, 0.2) is 48.5 Å². The molecule has 4 nitrogen and oxygen atoms in total. The standard InChI is InChI=1S/C21H23NO3/c1-15-7-6-8-16(2)18(15)19(23)22-13-11-21(12-14-22,20(24)25)17-9-4-3-5-10-17/h3-10H,11-14H2,1-2H3,(H,24,25). The number of aliphatic carboxylic acids is 1. The zero-order chi connectivity index (χ0) is 18.0. The number of aryl methyl sites for hydroxylation is 2. The van der Waals surface area contributed by atoms with Crippen LogP contribution in [0.3, 0.4) is 0 Å². The molecule has 1 aliphatic rings. The van der Waals surface area contributed by atoms with Gasteiger partial charge in [0.25, 0.3) is 5.91 Å². The minimum absolute atomic E-state index is 0.00245. The molecule has 1 heterocycles. The van der Waals surface area contributed by atoms with E-state index in [4.69, 9.17) is 0 Å². The lowest BCUT2D eigenvalue weighted by molar-refractivity contribution is -0.145. The summed E-state index contributed by atoms with van der Waals surface area (Å²) in [5.41, 5.74) is 2.58. The SMILES string of the molecule is Cc1cccc(C)c1C(=O)N1CCC(C(=O)O)(c2ccccc2)CC1. The zero-order valence-corrected chi connectivity index (χ0v) is 14.7. The molecule has 0 saturated carbocycles. The van der Waals surface area contributed by atoms with Crippen molar-refractivity contribution < 1.29 is 14.7 Å². The molecule has 1 fully saturated rings. The second-order valence-corrected chi connectivity index (χ2v) is 6.81. The third-order valence-electron chi connectivity index (χ3n) is 5.33. The van der Waals surface area contributed by atoms with Gasteiger partial charge in [0.1, 0.15) is 0 Å². The Morgan fingerprint density at radius 3 is 2.00 bits per heavy atom. The van der Waals surface area contributed by atoms with Crippen LogP contribution in [-0.2, 0) is 10.2 Å². The van der Waals surface area contributed by atoms with E-state index in [1.807, 2.05) is 62.4 Å². The van der Waals surface area contributed by atoms with Crippen molar-refractivity contribution in [3.05, 3.63) is 70.8 Å². The smallest absolute Gasteiger partial charge is 0.314 e. The Labute approximate surface area is 148 Å². The van der Waals surface area contributed by atoms with Crippen molar-refractivity contribution in [1.29, 1.82) is 0 Å². The van der Waals surface area contributed by atoms with Crippen LogP contribution < -0.4 is 0 Å². The van der Waals surface area contributed by atoms with Crippen LogP contribution in [-0.4, -0.2) is 35.0 Å². The monoisotopic (exact) mass is 337 g/mol. The maximum absolute atomic E-state index is 12.9. The molecule has 0 bridgehead atoms.